The van der Waals surface area contributed by atoms with E-state index >= 15 is 0 Å². The third kappa shape index (κ3) is 5.25. The first-order valence-corrected chi connectivity index (χ1v) is 8.58. The van der Waals surface area contributed by atoms with Gasteiger partial charge in [0.25, 0.3) is 0 Å². The standard InChI is InChI=1S/C17H17Br2NO3/c1-11(2)23-20-10-12-8-15(18)17(16(19)9-12)22-14-6-4-13(21-3)5-7-14/h4-11H,1-3H3. The van der Waals surface area contributed by atoms with E-state index in [0.29, 0.717) is 5.75 Å². The van der Waals surface area contributed by atoms with Gasteiger partial charge in [-0.3, -0.25) is 0 Å². The quantitative estimate of drug-likeness (QED) is 0.421. The molecule has 0 aliphatic rings. The fourth-order valence-corrected chi connectivity index (χ4v) is 3.11. The van der Waals surface area contributed by atoms with E-state index < -0.39 is 0 Å². The Morgan fingerprint density at radius 1 is 1.00 bits per heavy atom. The predicted molar refractivity (Wildman–Crippen MR) is 98.7 cm³/mol. The van der Waals surface area contributed by atoms with Crippen LogP contribution in [0.3, 0.4) is 0 Å². The van der Waals surface area contributed by atoms with Crippen LogP contribution in [0, 0.1) is 0 Å². The number of nitrogens with zero attached hydrogens (tertiary/aromatic N) is 1. The number of benzene rings is 2. The molecule has 2 aromatic carbocycles. The summed E-state index contributed by atoms with van der Waals surface area (Å²) in [5.41, 5.74) is 0.895. The van der Waals surface area contributed by atoms with Gasteiger partial charge >= 0.3 is 0 Å². The van der Waals surface area contributed by atoms with Gasteiger partial charge in [0.1, 0.15) is 17.6 Å². The number of methoxy groups -OCH3 is 1. The van der Waals surface area contributed by atoms with Crippen molar-refractivity contribution in [1.82, 2.24) is 0 Å². The van der Waals surface area contributed by atoms with E-state index in [0.717, 1.165) is 26.0 Å². The third-order valence-corrected chi connectivity index (χ3v) is 3.95. The van der Waals surface area contributed by atoms with Crippen molar-refractivity contribution in [2.24, 2.45) is 5.16 Å². The molecule has 0 saturated heterocycles. The van der Waals surface area contributed by atoms with Gasteiger partial charge in [-0.25, -0.2) is 0 Å². The van der Waals surface area contributed by atoms with Gasteiger partial charge in [0.05, 0.1) is 22.3 Å². The molecular formula is C17H17Br2NO3. The third-order valence-electron chi connectivity index (χ3n) is 2.77. The van der Waals surface area contributed by atoms with Crippen LogP contribution in [0.2, 0.25) is 0 Å². The monoisotopic (exact) mass is 441 g/mol. The summed E-state index contributed by atoms with van der Waals surface area (Å²) in [6, 6.07) is 11.2. The van der Waals surface area contributed by atoms with Gasteiger partial charge in [0, 0.05) is 0 Å². The van der Waals surface area contributed by atoms with Gasteiger partial charge in [-0.1, -0.05) is 5.16 Å². The van der Waals surface area contributed by atoms with Crippen molar-refractivity contribution in [2.75, 3.05) is 7.11 Å². The zero-order valence-electron chi connectivity index (χ0n) is 13.0. The molecule has 23 heavy (non-hydrogen) atoms. The van der Waals surface area contributed by atoms with Crippen LogP contribution < -0.4 is 9.47 Å². The van der Waals surface area contributed by atoms with Crippen LogP contribution in [-0.4, -0.2) is 19.4 Å². The Balaban J connectivity index is 2.17. The maximum atomic E-state index is 5.91. The zero-order valence-corrected chi connectivity index (χ0v) is 16.2. The SMILES string of the molecule is COc1ccc(Oc2c(Br)cc(C=NOC(C)C)cc2Br)cc1. The predicted octanol–water partition coefficient (Wildman–Crippen LogP) is 5.77. The van der Waals surface area contributed by atoms with Gasteiger partial charge < -0.3 is 14.3 Å². The smallest absolute Gasteiger partial charge is 0.155 e. The molecular weight excluding hydrogens is 426 g/mol. The molecule has 0 aromatic heterocycles. The Morgan fingerprint density at radius 3 is 2.09 bits per heavy atom. The summed E-state index contributed by atoms with van der Waals surface area (Å²) in [6.07, 6.45) is 1.71. The molecule has 122 valence electrons. The maximum Gasteiger partial charge on any atom is 0.155 e. The van der Waals surface area contributed by atoms with Crippen molar-refractivity contribution in [3.63, 3.8) is 0 Å². The first-order chi connectivity index (χ1) is 11.0. The first kappa shape index (κ1) is 17.8. The number of hydrogen-bond acceptors (Lipinski definition) is 4. The van der Waals surface area contributed by atoms with Gasteiger partial charge in [-0.15, -0.1) is 0 Å². The van der Waals surface area contributed by atoms with Crippen molar-refractivity contribution in [3.8, 4) is 17.2 Å². The molecule has 0 spiro atoms. The Labute approximate surface area is 152 Å². The maximum absolute atomic E-state index is 5.91. The lowest BCUT2D eigenvalue weighted by molar-refractivity contribution is 0.0873. The largest absolute Gasteiger partial charge is 0.497 e. The fraction of sp³-hybridized carbons (Fsp3) is 0.235. The molecule has 4 nitrogen and oxygen atoms in total. The lowest BCUT2D eigenvalue weighted by Gasteiger charge is -2.11. The number of hydrogen-bond donors (Lipinski definition) is 0. The molecule has 0 atom stereocenters. The summed E-state index contributed by atoms with van der Waals surface area (Å²) in [5, 5.41) is 3.93. The molecule has 0 aliphatic heterocycles. The molecule has 0 heterocycles. The highest BCUT2D eigenvalue weighted by Gasteiger charge is 2.10. The van der Waals surface area contributed by atoms with Crippen molar-refractivity contribution in [2.45, 2.75) is 20.0 Å². The highest BCUT2D eigenvalue weighted by atomic mass is 79.9. The van der Waals surface area contributed by atoms with Crippen molar-refractivity contribution >= 4 is 38.1 Å². The van der Waals surface area contributed by atoms with Crippen LogP contribution in [-0.2, 0) is 4.84 Å². The van der Waals surface area contributed by atoms with Gasteiger partial charge in [0.2, 0.25) is 0 Å². The topological polar surface area (TPSA) is 40.0 Å². The highest BCUT2D eigenvalue weighted by molar-refractivity contribution is 9.11. The van der Waals surface area contributed by atoms with Gasteiger partial charge in [-0.05, 0) is 87.7 Å². The number of ether oxygens (including phenoxy) is 2. The van der Waals surface area contributed by atoms with E-state index in [1.807, 2.05) is 50.2 Å². The lowest BCUT2D eigenvalue weighted by Crippen LogP contribution is -1.96. The zero-order chi connectivity index (χ0) is 16.8. The average molecular weight is 443 g/mol. The summed E-state index contributed by atoms with van der Waals surface area (Å²) in [6.45, 7) is 3.85. The van der Waals surface area contributed by atoms with Crippen LogP contribution in [0.1, 0.15) is 19.4 Å². The Bertz CT molecular complexity index is 662. The number of rotatable bonds is 6. The van der Waals surface area contributed by atoms with E-state index in [2.05, 4.69) is 37.0 Å². The van der Waals surface area contributed by atoms with Crippen LogP contribution >= 0.6 is 31.9 Å². The molecule has 0 fully saturated rings. The second kappa shape index (κ2) is 8.36. The van der Waals surface area contributed by atoms with E-state index in [1.165, 1.54) is 0 Å². The summed E-state index contributed by atoms with van der Waals surface area (Å²) < 4.78 is 12.7. The average Bonchev–Trinajstić information content (AvgIpc) is 2.51. The van der Waals surface area contributed by atoms with Crippen molar-refractivity contribution in [3.05, 3.63) is 50.9 Å². The molecule has 0 unspecified atom stereocenters. The molecule has 6 heteroatoms. The summed E-state index contributed by atoms with van der Waals surface area (Å²) >= 11 is 7.04. The van der Waals surface area contributed by atoms with Gasteiger partial charge in [-0.2, -0.15) is 0 Å². The summed E-state index contributed by atoms with van der Waals surface area (Å²) in [7, 11) is 1.63. The molecule has 2 aromatic rings. The molecule has 2 rings (SSSR count). The van der Waals surface area contributed by atoms with Crippen LogP contribution in [0.5, 0.6) is 17.2 Å². The van der Waals surface area contributed by atoms with E-state index in [4.69, 9.17) is 14.3 Å². The summed E-state index contributed by atoms with van der Waals surface area (Å²) in [4.78, 5) is 5.17. The van der Waals surface area contributed by atoms with Crippen LogP contribution in [0.4, 0.5) is 0 Å². The highest BCUT2D eigenvalue weighted by Crippen LogP contribution is 2.37. The number of oxime groups is 1. The Hall–Kier alpha value is -1.53. The minimum absolute atomic E-state index is 0.0517. The Morgan fingerprint density at radius 2 is 1.57 bits per heavy atom. The minimum atomic E-state index is 0.0517. The second-order valence-electron chi connectivity index (χ2n) is 4.98. The summed E-state index contributed by atoms with van der Waals surface area (Å²) in [5.74, 6) is 2.20. The van der Waals surface area contributed by atoms with Crippen molar-refractivity contribution in [1.29, 1.82) is 0 Å². The lowest BCUT2D eigenvalue weighted by atomic mass is 10.2. The molecule has 0 radical (unpaired) electrons. The molecule has 0 N–H and O–H groups in total. The molecule has 0 bridgehead atoms. The number of halogens is 2. The first-order valence-electron chi connectivity index (χ1n) is 6.99. The normalized spacial score (nSPS) is 11.0. The van der Waals surface area contributed by atoms with Crippen LogP contribution in [0.25, 0.3) is 0 Å². The molecule has 0 amide bonds. The van der Waals surface area contributed by atoms with E-state index in [9.17, 15) is 0 Å². The van der Waals surface area contributed by atoms with E-state index in [-0.39, 0.29) is 6.10 Å². The van der Waals surface area contributed by atoms with E-state index in [1.54, 1.807) is 13.3 Å². The minimum Gasteiger partial charge on any atom is -0.497 e. The molecule has 0 aliphatic carbocycles. The van der Waals surface area contributed by atoms with Crippen molar-refractivity contribution < 1.29 is 14.3 Å². The van der Waals surface area contributed by atoms with Crippen LogP contribution in [0.15, 0.2) is 50.5 Å². The Kier molecular flexibility index (Phi) is 6.47. The fourth-order valence-electron chi connectivity index (χ4n) is 1.73. The van der Waals surface area contributed by atoms with Gasteiger partial charge in [0.15, 0.2) is 5.75 Å². The second-order valence-corrected chi connectivity index (χ2v) is 6.69. The molecule has 0 saturated carbocycles.